The topological polar surface area (TPSA) is 121 Å². The molecule has 0 saturated carbocycles. The van der Waals surface area contributed by atoms with Gasteiger partial charge in [-0.3, -0.25) is 14.4 Å². The molecule has 186 valence electrons. The lowest BCUT2D eigenvalue weighted by Crippen LogP contribution is -2.47. The van der Waals surface area contributed by atoms with Crippen LogP contribution in [-0.4, -0.2) is 85.8 Å². The molecule has 1 aromatic heterocycles. The standard InChI is InChI=1S/C24H35N5O5/c1-17-11-29(18(2)15-30)23(31)5-4-10-28-13-21(25-26-28)16-34-22(17)14-27(3)12-19-6-8-20(9-7-19)24(32)33/h6-9,13,17-18,22,30H,4-5,10-12,14-16H2,1-3H3,(H,32,33)/t17-,18-,22-/m1/s1. The van der Waals surface area contributed by atoms with Crippen LogP contribution >= 0.6 is 0 Å². The van der Waals surface area contributed by atoms with Gasteiger partial charge in [0.15, 0.2) is 0 Å². The van der Waals surface area contributed by atoms with Gasteiger partial charge in [0.05, 0.1) is 37.1 Å². The first-order chi connectivity index (χ1) is 16.3. The summed E-state index contributed by atoms with van der Waals surface area (Å²) in [6.45, 7) is 6.45. The van der Waals surface area contributed by atoms with E-state index < -0.39 is 5.97 Å². The number of aliphatic hydroxyl groups excluding tert-OH is 1. The Kier molecular flexibility index (Phi) is 9.14. The molecule has 1 aromatic carbocycles. The number of ether oxygens (including phenoxy) is 1. The van der Waals surface area contributed by atoms with Crippen molar-refractivity contribution in [2.75, 3.05) is 26.7 Å². The summed E-state index contributed by atoms with van der Waals surface area (Å²) < 4.78 is 8.02. The number of nitrogens with zero attached hydrogens (tertiary/aromatic N) is 5. The fourth-order valence-corrected chi connectivity index (χ4v) is 4.13. The lowest BCUT2D eigenvalue weighted by Gasteiger charge is -2.35. The van der Waals surface area contributed by atoms with Crippen LogP contribution in [0, 0.1) is 5.92 Å². The van der Waals surface area contributed by atoms with E-state index >= 15 is 0 Å². The van der Waals surface area contributed by atoms with Crippen molar-refractivity contribution in [3.63, 3.8) is 0 Å². The molecule has 2 N–H and O–H groups in total. The third kappa shape index (κ3) is 7.09. The first kappa shape index (κ1) is 25.8. The maximum Gasteiger partial charge on any atom is 0.335 e. The van der Waals surface area contributed by atoms with Crippen molar-refractivity contribution in [2.24, 2.45) is 5.92 Å². The van der Waals surface area contributed by atoms with E-state index in [-0.39, 0.29) is 36.1 Å². The third-order valence-electron chi connectivity index (χ3n) is 6.19. The summed E-state index contributed by atoms with van der Waals surface area (Å²) in [7, 11) is 1.98. The van der Waals surface area contributed by atoms with Gasteiger partial charge in [0.1, 0.15) is 5.69 Å². The highest BCUT2D eigenvalue weighted by Crippen LogP contribution is 2.18. The first-order valence-corrected chi connectivity index (χ1v) is 11.7. The molecule has 10 heteroatoms. The molecule has 10 nitrogen and oxygen atoms in total. The largest absolute Gasteiger partial charge is 0.478 e. The number of carbonyl (C=O) groups excluding carboxylic acids is 1. The number of carbonyl (C=O) groups is 2. The molecule has 34 heavy (non-hydrogen) atoms. The average molecular weight is 474 g/mol. The second-order valence-electron chi connectivity index (χ2n) is 9.18. The van der Waals surface area contributed by atoms with Gasteiger partial charge >= 0.3 is 5.97 Å². The minimum Gasteiger partial charge on any atom is -0.478 e. The van der Waals surface area contributed by atoms with Crippen molar-refractivity contribution in [3.8, 4) is 0 Å². The van der Waals surface area contributed by atoms with Crippen LogP contribution in [0.4, 0.5) is 0 Å². The molecule has 0 spiro atoms. The summed E-state index contributed by atoms with van der Waals surface area (Å²) in [6.07, 6.45) is 2.68. The van der Waals surface area contributed by atoms with Gasteiger partial charge < -0.3 is 19.8 Å². The molecule has 1 amide bonds. The summed E-state index contributed by atoms with van der Waals surface area (Å²) >= 11 is 0. The van der Waals surface area contributed by atoms with E-state index in [0.29, 0.717) is 45.6 Å². The van der Waals surface area contributed by atoms with E-state index in [1.165, 1.54) is 0 Å². The number of aryl methyl sites for hydroxylation is 1. The fourth-order valence-electron chi connectivity index (χ4n) is 4.13. The van der Waals surface area contributed by atoms with Crippen LogP contribution in [0.3, 0.4) is 0 Å². The zero-order valence-corrected chi connectivity index (χ0v) is 20.1. The number of carboxylic acid groups (broad SMARTS) is 1. The van der Waals surface area contributed by atoms with Gasteiger partial charge in [-0.15, -0.1) is 5.10 Å². The molecule has 2 heterocycles. The van der Waals surface area contributed by atoms with Crippen LogP contribution in [0.15, 0.2) is 30.5 Å². The molecule has 2 bridgehead atoms. The van der Waals surface area contributed by atoms with Crippen molar-refractivity contribution >= 4 is 11.9 Å². The predicted octanol–water partition coefficient (Wildman–Crippen LogP) is 1.63. The zero-order valence-electron chi connectivity index (χ0n) is 20.1. The van der Waals surface area contributed by atoms with Crippen LogP contribution in [-0.2, 0) is 29.2 Å². The normalized spacial score (nSPS) is 21.0. The molecule has 0 fully saturated rings. The summed E-state index contributed by atoms with van der Waals surface area (Å²) in [6, 6.07) is 6.56. The van der Waals surface area contributed by atoms with Crippen LogP contribution in [0.2, 0.25) is 0 Å². The van der Waals surface area contributed by atoms with E-state index in [1.807, 2.05) is 32.3 Å². The Balaban J connectivity index is 1.74. The lowest BCUT2D eigenvalue weighted by molar-refractivity contribution is -0.136. The minimum absolute atomic E-state index is 0.00517. The van der Waals surface area contributed by atoms with Crippen LogP contribution in [0.5, 0.6) is 0 Å². The number of aromatic nitrogens is 3. The number of carboxylic acids is 1. The molecule has 0 radical (unpaired) electrons. The highest BCUT2D eigenvalue weighted by atomic mass is 16.5. The van der Waals surface area contributed by atoms with E-state index in [1.54, 1.807) is 21.7 Å². The van der Waals surface area contributed by atoms with Gasteiger partial charge in [-0.25, -0.2) is 4.79 Å². The molecule has 0 aliphatic carbocycles. The lowest BCUT2D eigenvalue weighted by atomic mass is 10.0. The van der Waals surface area contributed by atoms with Crippen molar-refractivity contribution in [3.05, 3.63) is 47.3 Å². The highest BCUT2D eigenvalue weighted by Gasteiger charge is 2.28. The number of aromatic carboxylic acids is 1. The molecule has 2 aromatic rings. The van der Waals surface area contributed by atoms with E-state index in [4.69, 9.17) is 9.84 Å². The number of amides is 1. The number of hydrogen-bond donors (Lipinski definition) is 2. The second kappa shape index (κ2) is 12.0. The number of hydrogen-bond acceptors (Lipinski definition) is 7. The number of fused-ring (bicyclic) bond motifs is 2. The maximum atomic E-state index is 12.9. The molecular formula is C24H35N5O5. The van der Waals surface area contributed by atoms with Crippen molar-refractivity contribution in [1.29, 1.82) is 0 Å². The van der Waals surface area contributed by atoms with Crippen molar-refractivity contribution in [1.82, 2.24) is 24.8 Å². The smallest absolute Gasteiger partial charge is 0.335 e. The predicted molar refractivity (Wildman–Crippen MR) is 125 cm³/mol. The Morgan fingerprint density at radius 1 is 1.32 bits per heavy atom. The van der Waals surface area contributed by atoms with Gasteiger partial charge in [-0.1, -0.05) is 24.3 Å². The molecule has 1 aliphatic heterocycles. The Labute approximate surface area is 200 Å². The molecule has 1 aliphatic rings. The molecule has 3 rings (SSSR count). The Hall–Kier alpha value is -2.82. The van der Waals surface area contributed by atoms with E-state index in [2.05, 4.69) is 22.1 Å². The summed E-state index contributed by atoms with van der Waals surface area (Å²) in [5.74, 6) is -0.927. The summed E-state index contributed by atoms with van der Waals surface area (Å²) in [4.78, 5) is 27.9. The van der Waals surface area contributed by atoms with Crippen LogP contribution in [0.1, 0.15) is 48.3 Å². The Bertz CT molecular complexity index is 947. The van der Waals surface area contributed by atoms with Gasteiger partial charge in [-0.2, -0.15) is 0 Å². The number of rotatable bonds is 7. The van der Waals surface area contributed by atoms with Crippen LogP contribution in [0.25, 0.3) is 0 Å². The van der Waals surface area contributed by atoms with Gasteiger partial charge in [0.2, 0.25) is 5.91 Å². The van der Waals surface area contributed by atoms with Gasteiger partial charge in [0.25, 0.3) is 0 Å². The summed E-state index contributed by atoms with van der Waals surface area (Å²) in [5, 5.41) is 27.1. The molecular weight excluding hydrogens is 438 g/mol. The quantitative estimate of drug-likeness (QED) is 0.623. The van der Waals surface area contributed by atoms with Crippen molar-refractivity contribution < 1.29 is 24.5 Å². The minimum atomic E-state index is -0.945. The second-order valence-corrected chi connectivity index (χ2v) is 9.18. The fraction of sp³-hybridized carbons (Fsp3) is 0.583. The number of aliphatic hydroxyl groups is 1. The Morgan fingerprint density at radius 2 is 2.06 bits per heavy atom. The first-order valence-electron chi connectivity index (χ1n) is 11.7. The average Bonchev–Trinajstić information content (AvgIpc) is 3.27. The van der Waals surface area contributed by atoms with E-state index in [0.717, 1.165) is 11.3 Å². The molecule has 0 saturated heterocycles. The maximum absolute atomic E-state index is 12.9. The monoisotopic (exact) mass is 473 g/mol. The highest BCUT2D eigenvalue weighted by molar-refractivity contribution is 5.87. The van der Waals surface area contributed by atoms with Gasteiger partial charge in [0, 0.05) is 38.5 Å². The van der Waals surface area contributed by atoms with E-state index in [9.17, 15) is 14.7 Å². The molecule has 3 atom stereocenters. The van der Waals surface area contributed by atoms with Crippen molar-refractivity contribution in [2.45, 2.75) is 58.5 Å². The number of likely N-dealkylation sites (N-methyl/N-ethyl adjacent to an activating group) is 1. The molecule has 0 unspecified atom stereocenters. The van der Waals surface area contributed by atoms with Crippen LogP contribution < -0.4 is 0 Å². The number of benzene rings is 1. The SMILES string of the molecule is C[C@@H]1CN([C@H](C)CO)C(=O)CCCn2cc(nn2)CO[C@@H]1CN(C)Cc1ccc(C(=O)O)cc1. The zero-order chi connectivity index (χ0) is 24.7. The summed E-state index contributed by atoms with van der Waals surface area (Å²) in [5.41, 5.74) is 2.00. The van der Waals surface area contributed by atoms with Gasteiger partial charge in [-0.05, 0) is 38.1 Å². The third-order valence-corrected chi connectivity index (χ3v) is 6.19. The Morgan fingerprint density at radius 3 is 2.74 bits per heavy atom.